The molecule has 0 fully saturated rings. The molecule has 0 aliphatic rings. The van der Waals surface area contributed by atoms with Gasteiger partial charge in [0.1, 0.15) is 41.0 Å². The summed E-state index contributed by atoms with van der Waals surface area (Å²) in [5.41, 5.74) is -7.70. The van der Waals surface area contributed by atoms with Gasteiger partial charge >= 0.3 is 29.6 Å². The second-order valence-electron chi connectivity index (χ2n) is 9.18. The molecule has 0 atom stereocenters. The molecule has 3 aromatic rings. The van der Waals surface area contributed by atoms with Gasteiger partial charge in [-0.15, -0.1) is 16.4 Å². The summed E-state index contributed by atoms with van der Waals surface area (Å²) in [6.45, 7) is 3.01. The van der Waals surface area contributed by atoms with E-state index < -0.39 is 123 Å². The van der Waals surface area contributed by atoms with Gasteiger partial charge in [-0.25, -0.2) is 65.9 Å². The zero-order valence-electron chi connectivity index (χ0n) is 23.8. The molecule has 0 saturated heterocycles. The van der Waals surface area contributed by atoms with Gasteiger partial charge in [0, 0.05) is 14.2 Å². The van der Waals surface area contributed by atoms with E-state index in [1.54, 1.807) is 14.2 Å². The van der Waals surface area contributed by atoms with Gasteiger partial charge in [-0.05, 0) is 6.92 Å². The Morgan fingerprint density at radius 1 is 0.444 bits per heavy atom. The Hall–Kier alpha value is -2.41. The van der Waals surface area contributed by atoms with E-state index in [1.807, 2.05) is 6.92 Å². The van der Waals surface area contributed by atoms with Crippen LogP contribution in [-0.4, -0.2) is 26.7 Å². The second-order valence-corrected chi connectivity index (χ2v) is 9.18. The molecule has 0 unspecified atom stereocenters. The molecule has 0 saturated carbocycles. The predicted octanol–water partition coefficient (Wildman–Crippen LogP) is 3.67. The summed E-state index contributed by atoms with van der Waals surface area (Å²) in [7, 11) is 3.21. The number of hydrogen-bond donors (Lipinski definition) is 0. The van der Waals surface area contributed by atoms with Crippen molar-refractivity contribution in [1.82, 2.24) is 0 Å². The van der Waals surface area contributed by atoms with E-state index in [0.717, 1.165) is 0 Å². The fraction of sp³-hybridized carbons (Fsp3) is 0.308. The van der Waals surface area contributed by atoms with Gasteiger partial charge in [-0.3, -0.25) is 0 Å². The van der Waals surface area contributed by atoms with E-state index >= 15 is 26.3 Å². The van der Waals surface area contributed by atoms with Gasteiger partial charge in [0.15, 0.2) is 58.6 Å². The van der Waals surface area contributed by atoms with Crippen LogP contribution in [0.3, 0.4) is 0 Å². The van der Waals surface area contributed by atoms with Gasteiger partial charge in [0.05, 0.1) is 0 Å². The van der Waals surface area contributed by atoms with Gasteiger partial charge in [0.2, 0.25) is 0 Å². The second kappa shape index (κ2) is 15.9. The molecule has 3 aromatic carbocycles. The van der Waals surface area contributed by atoms with Gasteiger partial charge in [-0.2, -0.15) is 6.32 Å². The number of halogens is 15. The molecular formula is C26H19BF15NaO2. The van der Waals surface area contributed by atoms with E-state index in [1.165, 1.54) is 6.92 Å². The van der Waals surface area contributed by atoms with Crippen molar-refractivity contribution in [1.29, 1.82) is 0 Å². The SMILES string of the molecule is CCCC[B-](c1c(F)c(F)c(F)c(F)c1F)(c1c(F)c(F)c(F)c(F)c1F)c1c(F)c(F)c(F)c(F)c1F.COC(C)OC.[Na+]. The third kappa shape index (κ3) is 6.99. The summed E-state index contributed by atoms with van der Waals surface area (Å²) in [5, 5.41) is 0. The monoisotopic (exact) mass is 682 g/mol. The number of ether oxygens (including phenoxy) is 2. The standard InChI is InChI=1S/C22H9BF15.C4H10O2.Na/c1-2-3-4-23(5-8(24)14(30)20(36)15(31)9(5)25,6-10(26)16(32)21(37)17(33)11(6)27)7-12(28)18(34)22(38)19(35)13(7)29;1-4(5-2)6-3;/h2-4H2,1H3;4H,1-3H3;/q-1;;+1. The fourth-order valence-electron chi connectivity index (χ4n) is 4.64. The molecular weight excluding hydrogens is 663 g/mol. The molecule has 19 heteroatoms. The number of unbranched alkanes of at least 4 members (excludes halogenated alkanes) is 1. The van der Waals surface area contributed by atoms with Crippen LogP contribution in [0.15, 0.2) is 0 Å². The molecule has 0 aromatic heterocycles. The third-order valence-corrected chi connectivity index (χ3v) is 6.86. The van der Waals surface area contributed by atoms with Crippen molar-refractivity contribution in [3.05, 3.63) is 87.3 Å². The van der Waals surface area contributed by atoms with E-state index in [2.05, 4.69) is 9.47 Å². The Bertz CT molecular complexity index is 1310. The van der Waals surface area contributed by atoms with Gasteiger partial charge in [-0.1, -0.05) is 19.8 Å². The maximum atomic E-state index is 15.1. The quantitative estimate of drug-likeness (QED) is 0.119. The first-order valence-electron chi connectivity index (χ1n) is 12.2. The molecule has 0 aliphatic carbocycles. The van der Waals surface area contributed by atoms with E-state index in [-0.39, 0.29) is 42.3 Å². The Balaban J connectivity index is 0.00000131. The Morgan fingerprint density at radius 3 is 0.800 bits per heavy atom. The van der Waals surface area contributed by atoms with E-state index in [4.69, 9.17) is 0 Å². The Labute approximate surface area is 267 Å². The minimum atomic E-state index is -5.41. The molecule has 0 spiro atoms. The molecule has 244 valence electrons. The van der Waals surface area contributed by atoms with Crippen molar-refractivity contribution < 1.29 is 105 Å². The van der Waals surface area contributed by atoms with E-state index in [9.17, 15) is 39.5 Å². The van der Waals surface area contributed by atoms with E-state index in [0.29, 0.717) is 0 Å². The summed E-state index contributed by atoms with van der Waals surface area (Å²) in [5.74, 6) is -44.7. The fourth-order valence-corrected chi connectivity index (χ4v) is 4.64. The number of hydrogen-bond acceptors (Lipinski definition) is 2. The summed E-state index contributed by atoms with van der Waals surface area (Å²) in [6.07, 6.45) is -8.21. The molecule has 0 N–H and O–H groups in total. The van der Waals surface area contributed by atoms with Crippen molar-refractivity contribution in [3.63, 3.8) is 0 Å². The van der Waals surface area contributed by atoms with Crippen LogP contribution in [0.1, 0.15) is 26.7 Å². The number of rotatable bonds is 8. The van der Waals surface area contributed by atoms with Crippen molar-refractivity contribution in [2.75, 3.05) is 14.2 Å². The molecule has 0 heterocycles. The van der Waals surface area contributed by atoms with Crippen LogP contribution >= 0.6 is 0 Å². The molecule has 0 radical (unpaired) electrons. The van der Waals surface area contributed by atoms with Crippen molar-refractivity contribution in [2.24, 2.45) is 0 Å². The van der Waals surface area contributed by atoms with Crippen LogP contribution in [0.2, 0.25) is 6.32 Å². The summed E-state index contributed by atoms with van der Waals surface area (Å²) < 4.78 is 226. The first kappa shape index (κ1) is 40.6. The third-order valence-electron chi connectivity index (χ3n) is 6.86. The topological polar surface area (TPSA) is 18.5 Å². The normalized spacial score (nSPS) is 11.5. The van der Waals surface area contributed by atoms with Crippen LogP contribution in [-0.2, 0) is 9.47 Å². The summed E-state index contributed by atoms with van der Waals surface area (Å²) in [4.78, 5) is 0. The largest absolute Gasteiger partial charge is 1.00 e. The number of benzene rings is 3. The average molecular weight is 682 g/mol. The van der Waals surface area contributed by atoms with Gasteiger partial charge < -0.3 is 9.47 Å². The van der Waals surface area contributed by atoms with Crippen molar-refractivity contribution in [2.45, 2.75) is 39.3 Å². The van der Waals surface area contributed by atoms with Crippen LogP contribution < -0.4 is 45.9 Å². The zero-order chi connectivity index (χ0) is 34.0. The van der Waals surface area contributed by atoms with Crippen LogP contribution in [0.4, 0.5) is 65.9 Å². The molecule has 0 amide bonds. The zero-order valence-corrected chi connectivity index (χ0v) is 25.8. The minimum absolute atomic E-state index is 0. The molecule has 3 rings (SSSR count). The average Bonchev–Trinajstić information content (AvgIpc) is 3.01. The maximum Gasteiger partial charge on any atom is 1.00 e. The molecule has 0 bridgehead atoms. The van der Waals surface area contributed by atoms with Crippen molar-refractivity contribution in [3.8, 4) is 0 Å². The van der Waals surface area contributed by atoms with Crippen molar-refractivity contribution >= 4 is 22.5 Å². The van der Waals surface area contributed by atoms with Crippen LogP contribution in [0, 0.1) is 87.3 Å². The first-order chi connectivity index (χ1) is 20.4. The first-order valence-corrected chi connectivity index (χ1v) is 12.2. The maximum absolute atomic E-state index is 15.1. The van der Waals surface area contributed by atoms with Crippen LogP contribution in [0.5, 0.6) is 0 Å². The summed E-state index contributed by atoms with van der Waals surface area (Å²) >= 11 is 0. The predicted molar refractivity (Wildman–Crippen MR) is 127 cm³/mol. The smallest absolute Gasteiger partial charge is 0.356 e. The van der Waals surface area contributed by atoms with Crippen LogP contribution in [0.25, 0.3) is 0 Å². The number of methoxy groups -OCH3 is 2. The Kier molecular flexibility index (Phi) is 14.4. The molecule has 0 aliphatic heterocycles. The Morgan fingerprint density at radius 2 is 0.644 bits per heavy atom. The molecule has 2 nitrogen and oxygen atoms in total. The summed E-state index contributed by atoms with van der Waals surface area (Å²) in [6, 6.07) is 0. The minimum Gasteiger partial charge on any atom is -0.356 e. The van der Waals surface area contributed by atoms with Gasteiger partial charge in [0.25, 0.3) is 0 Å². The molecule has 45 heavy (non-hydrogen) atoms.